The number of halogens is 1. The van der Waals surface area contributed by atoms with Gasteiger partial charge in [0.1, 0.15) is 5.15 Å². The molecule has 1 heterocycles. The third-order valence-corrected chi connectivity index (χ3v) is 2.69. The van der Waals surface area contributed by atoms with Gasteiger partial charge in [-0.3, -0.25) is 9.89 Å². The topological polar surface area (TPSA) is 66.0 Å². The number of nitrogens with zero attached hydrogens (tertiary/aromatic N) is 1. The van der Waals surface area contributed by atoms with Crippen molar-refractivity contribution in [2.24, 2.45) is 0 Å². The number of hydrogen-bond donors (Lipinski definition) is 2. The number of aliphatic carboxylic acids is 1. The van der Waals surface area contributed by atoms with Crippen LogP contribution < -0.4 is 0 Å². The van der Waals surface area contributed by atoms with E-state index in [0.29, 0.717) is 10.7 Å². The molecule has 0 saturated heterocycles. The molecule has 0 saturated carbocycles. The second-order valence-corrected chi connectivity index (χ2v) is 3.75. The number of nitrogens with one attached hydrogen (secondary N) is 1. The number of benzene rings is 1. The molecule has 0 fully saturated rings. The highest BCUT2D eigenvalue weighted by Crippen LogP contribution is 2.24. The van der Waals surface area contributed by atoms with E-state index < -0.39 is 11.9 Å². The van der Waals surface area contributed by atoms with Gasteiger partial charge in [-0.15, -0.1) is 0 Å². The average Bonchev–Trinajstić information content (AvgIpc) is 2.59. The molecule has 2 aromatic rings. The monoisotopic (exact) mass is 224 g/mol. The highest BCUT2D eigenvalue weighted by Gasteiger charge is 2.14. The van der Waals surface area contributed by atoms with Crippen LogP contribution in [0.25, 0.3) is 10.9 Å². The SMILES string of the molecule is CC(C(=O)O)c1ccc2c(Cl)[nH]nc2c1. The molecule has 2 N–H and O–H groups in total. The van der Waals surface area contributed by atoms with E-state index in [4.69, 9.17) is 16.7 Å². The Hall–Kier alpha value is -1.55. The van der Waals surface area contributed by atoms with Gasteiger partial charge in [0.2, 0.25) is 0 Å². The second-order valence-electron chi connectivity index (χ2n) is 3.37. The summed E-state index contributed by atoms with van der Waals surface area (Å²) >= 11 is 5.83. The van der Waals surface area contributed by atoms with Gasteiger partial charge >= 0.3 is 5.97 Å². The predicted molar refractivity (Wildman–Crippen MR) is 57.2 cm³/mol. The summed E-state index contributed by atoms with van der Waals surface area (Å²) in [7, 11) is 0. The predicted octanol–water partition coefficient (Wildman–Crippen LogP) is 2.40. The number of carbonyl (C=O) groups is 1. The van der Waals surface area contributed by atoms with Gasteiger partial charge in [-0.1, -0.05) is 17.7 Å². The van der Waals surface area contributed by atoms with Crippen LogP contribution in [0.5, 0.6) is 0 Å². The lowest BCUT2D eigenvalue weighted by atomic mass is 10.0. The van der Waals surface area contributed by atoms with Crippen LogP contribution in [0.3, 0.4) is 0 Å². The minimum absolute atomic E-state index is 0.472. The van der Waals surface area contributed by atoms with Crippen molar-refractivity contribution in [3.05, 3.63) is 28.9 Å². The van der Waals surface area contributed by atoms with Crippen LogP contribution in [0.1, 0.15) is 18.4 Å². The van der Waals surface area contributed by atoms with Crippen LogP contribution >= 0.6 is 11.6 Å². The first kappa shape index (κ1) is 9.98. The molecule has 0 bridgehead atoms. The summed E-state index contributed by atoms with van der Waals surface area (Å²) in [4.78, 5) is 10.8. The Bertz CT molecular complexity index is 521. The Kier molecular flexibility index (Phi) is 2.36. The molecular weight excluding hydrogens is 216 g/mol. The number of rotatable bonds is 2. The van der Waals surface area contributed by atoms with Crippen LogP contribution in [-0.2, 0) is 4.79 Å². The maximum Gasteiger partial charge on any atom is 0.310 e. The minimum Gasteiger partial charge on any atom is -0.481 e. The molecule has 1 atom stereocenters. The van der Waals surface area contributed by atoms with Gasteiger partial charge in [0.05, 0.1) is 11.4 Å². The quantitative estimate of drug-likeness (QED) is 0.823. The van der Waals surface area contributed by atoms with Crippen LogP contribution in [0.15, 0.2) is 18.2 Å². The fourth-order valence-electron chi connectivity index (χ4n) is 1.41. The van der Waals surface area contributed by atoms with Crippen molar-refractivity contribution in [3.63, 3.8) is 0 Å². The molecule has 0 radical (unpaired) electrons. The molecule has 4 nitrogen and oxygen atoms in total. The summed E-state index contributed by atoms with van der Waals surface area (Å²) in [6, 6.07) is 5.26. The third kappa shape index (κ3) is 1.68. The maximum absolute atomic E-state index is 10.8. The second kappa shape index (κ2) is 3.55. The molecule has 0 aliphatic carbocycles. The van der Waals surface area contributed by atoms with E-state index >= 15 is 0 Å². The van der Waals surface area contributed by atoms with Gasteiger partial charge in [-0.25, -0.2) is 0 Å². The van der Waals surface area contributed by atoms with E-state index in [9.17, 15) is 4.79 Å². The summed E-state index contributed by atoms with van der Waals surface area (Å²) in [6.07, 6.45) is 0. The molecule has 78 valence electrons. The summed E-state index contributed by atoms with van der Waals surface area (Å²) < 4.78 is 0. The van der Waals surface area contributed by atoms with Crippen molar-refractivity contribution in [2.45, 2.75) is 12.8 Å². The van der Waals surface area contributed by atoms with Gasteiger partial charge in [0.15, 0.2) is 0 Å². The van der Waals surface area contributed by atoms with Crippen LogP contribution in [0.2, 0.25) is 5.15 Å². The smallest absolute Gasteiger partial charge is 0.310 e. The van der Waals surface area contributed by atoms with Gasteiger partial charge in [0.25, 0.3) is 0 Å². The zero-order valence-corrected chi connectivity index (χ0v) is 8.75. The molecule has 1 aromatic heterocycles. The van der Waals surface area contributed by atoms with E-state index in [0.717, 1.165) is 10.9 Å². The number of fused-ring (bicyclic) bond motifs is 1. The lowest BCUT2D eigenvalue weighted by Crippen LogP contribution is -2.06. The summed E-state index contributed by atoms with van der Waals surface area (Å²) in [6.45, 7) is 1.64. The number of H-pyrrole nitrogens is 1. The van der Waals surface area contributed by atoms with Crippen molar-refractivity contribution < 1.29 is 9.90 Å². The van der Waals surface area contributed by atoms with Crippen molar-refractivity contribution >= 4 is 28.5 Å². The Morgan fingerprint density at radius 3 is 3.00 bits per heavy atom. The Morgan fingerprint density at radius 1 is 1.60 bits per heavy atom. The van der Waals surface area contributed by atoms with E-state index in [-0.39, 0.29) is 0 Å². The van der Waals surface area contributed by atoms with E-state index in [1.54, 1.807) is 25.1 Å². The van der Waals surface area contributed by atoms with Crippen LogP contribution in [0, 0.1) is 0 Å². The fourth-order valence-corrected chi connectivity index (χ4v) is 1.61. The third-order valence-electron chi connectivity index (χ3n) is 2.40. The van der Waals surface area contributed by atoms with Crippen LogP contribution in [-0.4, -0.2) is 21.3 Å². The summed E-state index contributed by atoms with van der Waals surface area (Å²) in [5, 5.41) is 16.7. The number of carboxylic acids is 1. The molecular formula is C10H9ClN2O2. The van der Waals surface area contributed by atoms with Crippen molar-refractivity contribution in [3.8, 4) is 0 Å². The molecule has 2 rings (SSSR count). The number of hydrogen-bond acceptors (Lipinski definition) is 2. The first-order valence-electron chi connectivity index (χ1n) is 4.46. The van der Waals surface area contributed by atoms with Gasteiger partial charge in [-0.2, -0.15) is 5.10 Å². The summed E-state index contributed by atoms with van der Waals surface area (Å²) in [5.41, 5.74) is 1.41. The Balaban J connectivity index is 2.52. The largest absolute Gasteiger partial charge is 0.481 e. The first-order chi connectivity index (χ1) is 7.09. The van der Waals surface area contributed by atoms with E-state index in [2.05, 4.69) is 10.2 Å². The Labute approximate surface area is 90.9 Å². The first-order valence-corrected chi connectivity index (χ1v) is 4.83. The van der Waals surface area contributed by atoms with Gasteiger partial charge in [-0.05, 0) is 24.6 Å². The highest BCUT2D eigenvalue weighted by molar-refractivity contribution is 6.34. The zero-order valence-electron chi connectivity index (χ0n) is 7.99. The van der Waals surface area contributed by atoms with Crippen LogP contribution in [0.4, 0.5) is 0 Å². The highest BCUT2D eigenvalue weighted by atomic mass is 35.5. The molecule has 0 aliphatic rings. The molecule has 0 amide bonds. The molecule has 5 heteroatoms. The van der Waals surface area contributed by atoms with Crippen molar-refractivity contribution in [2.75, 3.05) is 0 Å². The lowest BCUT2D eigenvalue weighted by molar-refractivity contribution is -0.138. The lowest BCUT2D eigenvalue weighted by Gasteiger charge is -2.05. The number of carboxylic acid groups (broad SMARTS) is 1. The van der Waals surface area contributed by atoms with Crippen molar-refractivity contribution in [1.82, 2.24) is 10.2 Å². The minimum atomic E-state index is -0.851. The normalized spacial score (nSPS) is 12.9. The zero-order chi connectivity index (χ0) is 11.0. The number of aromatic nitrogens is 2. The standard InChI is InChI=1S/C10H9ClN2O2/c1-5(10(14)15)6-2-3-7-8(4-6)12-13-9(7)11/h2-5H,1H3,(H,12,13)(H,14,15). The van der Waals surface area contributed by atoms with E-state index in [1.165, 1.54) is 0 Å². The molecule has 1 aromatic carbocycles. The molecule has 15 heavy (non-hydrogen) atoms. The number of aromatic amines is 1. The maximum atomic E-state index is 10.8. The molecule has 0 aliphatic heterocycles. The van der Waals surface area contributed by atoms with Gasteiger partial charge < -0.3 is 5.11 Å². The van der Waals surface area contributed by atoms with Crippen molar-refractivity contribution in [1.29, 1.82) is 0 Å². The van der Waals surface area contributed by atoms with Gasteiger partial charge in [0, 0.05) is 5.39 Å². The molecule has 0 spiro atoms. The Morgan fingerprint density at radius 2 is 2.33 bits per heavy atom. The van der Waals surface area contributed by atoms with E-state index in [1.807, 2.05) is 0 Å². The average molecular weight is 225 g/mol. The summed E-state index contributed by atoms with van der Waals surface area (Å²) in [5.74, 6) is -1.39. The fraction of sp³-hybridized carbons (Fsp3) is 0.200. The molecule has 1 unspecified atom stereocenters.